The topological polar surface area (TPSA) is 92.4 Å². The van der Waals surface area contributed by atoms with Crippen LogP contribution in [0, 0.1) is 0 Å². The molecule has 31 heavy (non-hydrogen) atoms. The molecule has 5 heterocycles. The summed E-state index contributed by atoms with van der Waals surface area (Å²) in [5.41, 5.74) is -0.0152. The summed E-state index contributed by atoms with van der Waals surface area (Å²) in [6.07, 6.45) is 3.32. The van der Waals surface area contributed by atoms with Crippen LogP contribution >= 0.6 is 0 Å². The average molecular weight is 430 g/mol. The lowest BCUT2D eigenvalue weighted by Crippen LogP contribution is -2.43. The van der Waals surface area contributed by atoms with E-state index in [2.05, 4.69) is 30.7 Å². The van der Waals surface area contributed by atoms with Gasteiger partial charge in [0, 0.05) is 38.6 Å². The van der Waals surface area contributed by atoms with Crippen molar-refractivity contribution in [3.05, 3.63) is 41.5 Å². The predicted octanol–water partition coefficient (Wildman–Crippen LogP) is 1.43. The maximum absolute atomic E-state index is 13.7. The summed E-state index contributed by atoms with van der Waals surface area (Å²) in [4.78, 5) is 20.1. The second-order valence-electron chi connectivity index (χ2n) is 7.87. The quantitative estimate of drug-likeness (QED) is 0.592. The number of fused-ring (bicyclic) bond motifs is 1. The minimum Gasteiger partial charge on any atom is -0.354 e. The van der Waals surface area contributed by atoms with Crippen LogP contribution in [0.5, 0.6) is 0 Å². The van der Waals surface area contributed by atoms with Crippen LogP contribution < -0.4 is 15.5 Å². The van der Waals surface area contributed by atoms with Gasteiger partial charge in [0.1, 0.15) is 11.5 Å². The molecule has 2 aliphatic rings. The third kappa shape index (κ3) is 3.79. The number of hydrogen-bond acceptors (Lipinski definition) is 7. The molecule has 3 aromatic heterocycles. The number of carbonyl (C=O) groups is 1. The number of ketones is 1. The lowest BCUT2D eigenvalue weighted by atomic mass is 10.1. The van der Waals surface area contributed by atoms with Crippen molar-refractivity contribution in [1.82, 2.24) is 35.0 Å². The highest BCUT2D eigenvalue weighted by molar-refractivity contribution is 6.13. The number of anilines is 1. The van der Waals surface area contributed by atoms with Crippen molar-refractivity contribution in [1.29, 1.82) is 0 Å². The third-order valence-electron chi connectivity index (χ3n) is 5.93. The molecule has 0 unspecified atom stereocenters. The Labute approximate surface area is 177 Å². The van der Waals surface area contributed by atoms with Crippen LogP contribution in [0.15, 0.2) is 24.7 Å². The van der Waals surface area contributed by atoms with E-state index < -0.39 is 17.9 Å². The minimum atomic E-state index is -2.84. The van der Waals surface area contributed by atoms with Gasteiger partial charge in [-0.3, -0.25) is 9.48 Å². The molecule has 5 rings (SSSR count). The van der Waals surface area contributed by atoms with E-state index in [4.69, 9.17) is 0 Å². The van der Waals surface area contributed by atoms with Crippen molar-refractivity contribution < 1.29 is 13.6 Å². The van der Waals surface area contributed by atoms with E-state index in [0.717, 1.165) is 57.9 Å². The smallest absolute Gasteiger partial charge is 0.282 e. The molecule has 0 radical (unpaired) electrons. The van der Waals surface area contributed by atoms with Gasteiger partial charge in [0.15, 0.2) is 5.65 Å². The molecule has 11 heteroatoms. The van der Waals surface area contributed by atoms with Crippen molar-refractivity contribution >= 4 is 17.2 Å². The Hall–Kier alpha value is -2.92. The molecule has 0 aromatic carbocycles. The average Bonchev–Trinajstić information content (AvgIpc) is 3.44. The van der Waals surface area contributed by atoms with Crippen molar-refractivity contribution in [2.45, 2.75) is 25.3 Å². The maximum Gasteiger partial charge on any atom is 0.282 e. The zero-order valence-electron chi connectivity index (χ0n) is 17.0. The van der Waals surface area contributed by atoms with Crippen LogP contribution in [0.3, 0.4) is 0 Å². The van der Waals surface area contributed by atoms with Gasteiger partial charge in [0.2, 0.25) is 5.78 Å². The van der Waals surface area contributed by atoms with Gasteiger partial charge in [0.25, 0.3) is 6.43 Å². The van der Waals surface area contributed by atoms with Crippen LogP contribution in [0.4, 0.5) is 14.6 Å². The number of alkyl halides is 2. The standard InChI is InChI=1S/C20H24F2N8O/c21-19(22)17-15(12-30(27-17)13-1-4-23-5-2-13)18(31)14-11-25-29-8-3-16(26-20(14)29)28-9-6-24-7-10-28/h3,8,11-13,19,23-24H,1-2,4-7,9-10H2. The summed E-state index contributed by atoms with van der Waals surface area (Å²) in [5, 5.41) is 14.8. The molecule has 0 saturated carbocycles. The van der Waals surface area contributed by atoms with Crippen LogP contribution in [-0.2, 0) is 0 Å². The van der Waals surface area contributed by atoms with Gasteiger partial charge in [-0.15, -0.1) is 0 Å². The largest absolute Gasteiger partial charge is 0.354 e. The first-order chi connectivity index (χ1) is 15.1. The number of carbonyl (C=O) groups excluding carboxylic acids is 1. The van der Waals surface area contributed by atoms with Gasteiger partial charge >= 0.3 is 0 Å². The van der Waals surface area contributed by atoms with E-state index in [-0.39, 0.29) is 17.2 Å². The summed E-state index contributed by atoms with van der Waals surface area (Å²) < 4.78 is 30.5. The highest BCUT2D eigenvalue weighted by Gasteiger charge is 2.29. The number of halogens is 2. The van der Waals surface area contributed by atoms with Gasteiger partial charge in [-0.1, -0.05) is 0 Å². The zero-order valence-corrected chi connectivity index (χ0v) is 17.0. The number of hydrogen-bond donors (Lipinski definition) is 2. The number of rotatable bonds is 5. The van der Waals surface area contributed by atoms with Crippen molar-refractivity contribution in [3.63, 3.8) is 0 Å². The van der Waals surface area contributed by atoms with Gasteiger partial charge in [-0.05, 0) is 32.0 Å². The highest BCUT2D eigenvalue weighted by Crippen LogP contribution is 2.28. The van der Waals surface area contributed by atoms with Gasteiger partial charge in [-0.2, -0.15) is 10.2 Å². The molecule has 9 nitrogen and oxygen atoms in total. The molecule has 2 saturated heterocycles. The van der Waals surface area contributed by atoms with Crippen molar-refractivity contribution in [2.75, 3.05) is 44.2 Å². The molecule has 2 fully saturated rings. The second-order valence-corrected chi connectivity index (χ2v) is 7.87. The Morgan fingerprint density at radius 1 is 1.10 bits per heavy atom. The Balaban J connectivity index is 1.51. The fraction of sp³-hybridized carbons (Fsp3) is 0.500. The molecular formula is C20H24F2N8O. The van der Waals surface area contributed by atoms with Gasteiger partial charge < -0.3 is 15.5 Å². The zero-order chi connectivity index (χ0) is 21.4. The molecule has 164 valence electrons. The molecule has 0 amide bonds. The van der Waals surface area contributed by atoms with E-state index in [1.54, 1.807) is 6.20 Å². The Kier molecular flexibility index (Phi) is 5.36. The van der Waals surface area contributed by atoms with Gasteiger partial charge in [0.05, 0.1) is 23.4 Å². The van der Waals surface area contributed by atoms with E-state index in [1.807, 2.05) is 6.07 Å². The fourth-order valence-corrected chi connectivity index (χ4v) is 4.23. The normalized spacial score (nSPS) is 18.2. The lowest BCUT2D eigenvalue weighted by Gasteiger charge is -2.28. The lowest BCUT2D eigenvalue weighted by molar-refractivity contribution is 0.102. The molecule has 2 aliphatic heterocycles. The summed E-state index contributed by atoms with van der Waals surface area (Å²) in [6.45, 7) is 4.91. The first kappa shape index (κ1) is 20.0. The number of nitrogens with zero attached hydrogens (tertiary/aromatic N) is 6. The summed E-state index contributed by atoms with van der Waals surface area (Å²) >= 11 is 0. The molecule has 3 aromatic rings. The highest BCUT2D eigenvalue weighted by atomic mass is 19.3. The van der Waals surface area contributed by atoms with Crippen LogP contribution in [-0.4, -0.2) is 69.4 Å². The molecular weight excluding hydrogens is 406 g/mol. The molecule has 0 aliphatic carbocycles. The van der Waals surface area contributed by atoms with E-state index in [1.165, 1.54) is 21.6 Å². The van der Waals surface area contributed by atoms with Crippen molar-refractivity contribution in [3.8, 4) is 0 Å². The second kappa shape index (κ2) is 8.31. The Bertz CT molecular complexity index is 1080. The maximum atomic E-state index is 13.7. The Morgan fingerprint density at radius 2 is 1.84 bits per heavy atom. The third-order valence-corrected chi connectivity index (χ3v) is 5.93. The first-order valence-electron chi connectivity index (χ1n) is 10.5. The predicted molar refractivity (Wildman–Crippen MR) is 110 cm³/mol. The number of nitrogens with one attached hydrogen (secondary N) is 2. The van der Waals surface area contributed by atoms with Crippen LogP contribution in [0.2, 0.25) is 0 Å². The van der Waals surface area contributed by atoms with Crippen LogP contribution in [0.1, 0.15) is 46.9 Å². The fourth-order valence-electron chi connectivity index (χ4n) is 4.23. The number of aromatic nitrogens is 5. The summed E-state index contributed by atoms with van der Waals surface area (Å²) in [6, 6.07) is 1.85. The molecule has 0 spiro atoms. The van der Waals surface area contributed by atoms with E-state index in [0.29, 0.717) is 5.65 Å². The molecule has 2 N–H and O–H groups in total. The molecule has 0 atom stereocenters. The van der Waals surface area contributed by atoms with Gasteiger partial charge in [-0.25, -0.2) is 18.3 Å². The minimum absolute atomic E-state index is 0.00152. The van der Waals surface area contributed by atoms with E-state index in [9.17, 15) is 13.6 Å². The monoisotopic (exact) mass is 430 g/mol. The summed E-state index contributed by atoms with van der Waals surface area (Å²) in [7, 11) is 0. The Morgan fingerprint density at radius 3 is 2.58 bits per heavy atom. The first-order valence-corrected chi connectivity index (χ1v) is 10.5. The molecule has 0 bridgehead atoms. The SMILES string of the molecule is O=C(c1cn(C2CCNCC2)nc1C(F)F)c1cnn2ccc(N3CCNCC3)nc12. The number of piperazine rings is 1. The van der Waals surface area contributed by atoms with Crippen LogP contribution in [0.25, 0.3) is 5.65 Å². The van der Waals surface area contributed by atoms with E-state index >= 15 is 0 Å². The number of piperidine rings is 1. The van der Waals surface area contributed by atoms with Crippen molar-refractivity contribution in [2.24, 2.45) is 0 Å². The summed E-state index contributed by atoms with van der Waals surface area (Å²) in [5.74, 6) is 0.207.